The summed E-state index contributed by atoms with van der Waals surface area (Å²) in [5.74, 6) is 0.0110. The summed E-state index contributed by atoms with van der Waals surface area (Å²) >= 11 is 22.2. The zero-order chi connectivity index (χ0) is 12.7. The fourth-order valence-electron chi connectivity index (χ4n) is 1.09. The third-order valence-corrected chi connectivity index (χ3v) is 4.14. The number of hydrogen-bond donors (Lipinski definition) is 2. The van der Waals surface area contributed by atoms with Gasteiger partial charge in [0.1, 0.15) is 10.5 Å². The number of hydrogen-bond acceptors (Lipinski definition) is 3. The number of allylic oxidation sites excluding steroid dienone is 2. The minimum atomic E-state index is -3.86. The molecule has 0 saturated heterocycles. The predicted octanol–water partition coefficient (Wildman–Crippen LogP) is 2.64. The first-order valence-corrected chi connectivity index (χ1v) is 7.85. The summed E-state index contributed by atoms with van der Waals surface area (Å²) in [6.07, 6.45) is 0. The number of rotatable bonds is 2. The highest BCUT2D eigenvalue weighted by atomic mass is 35.5. The van der Waals surface area contributed by atoms with Crippen molar-refractivity contribution in [1.29, 1.82) is 0 Å². The van der Waals surface area contributed by atoms with Crippen LogP contribution in [-0.4, -0.2) is 27.2 Å². The summed E-state index contributed by atoms with van der Waals surface area (Å²) in [7, 11) is 1.55. The van der Waals surface area contributed by atoms with Crippen molar-refractivity contribution in [2.45, 2.75) is 12.4 Å². The molecule has 0 fully saturated rings. The van der Waals surface area contributed by atoms with E-state index >= 15 is 0 Å². The number of alkyl halides is 1. The van der Waals surface area contributed by atoms with E-state index in [0.717, 1.165) is 0 Å². The molecule has 1 unspecified atom stereocenters. The SMILES string of the molecule is CC1=C(Cl)C(Cl)N(C)C(OP(O)(O)=S)=C1Cl. The molecule has 0 aromatic rings. The normalized spacial score (nSPS) is 22.9. The van der Waals surface area contributed by atoms with Crippen LogP contribution in [0.15, 0.2) is 21.5 Å². The average molecular weight is 325 g/mol. The van der Waals surface area contributed by atoms with Gasteiger partial charge in [-0.2, -0.15) is 0 Å². The Kier molecular flexibility index (Phi) is 4.58. The summed E-state index contributed by atoms with van der Waals surface area (Å²) < 4.78 is 4.83. The van der Waals surface area contributed by atoms with Crippen LogP contribution in [0.5, 0.6) is 0 Å². The van der Waals surface area contributed by atoms with Crippen LogP contribution in [0, 0.1) is 0 Å². The van der Waals surface area contributed by atoms with Gasteiger partial charge >= 0.3 is 6.72 Å². The molecule has 1 rings (SSSR count). The Labute approximate surface area is 113 Å². The van der Waals surface area contributed by atoms with Crippen LogP contribution in [0.25, 0.3) is 0 Å². The topological polar surface area (TPSA) is 52.9 Å². The van der Waals surface area contributed by atoms with Gasteiger partial charge in [0.2, 0.25) is 5.88 Å². The molecule has 1 aliphatic heterocycles. The Balaban J connectivity index is 3.20. The van der Waals surface area contributed by atoms with Gasteiger partial charge in [0.15, 0.2) is 0 Å². The molecule has 1 heterocycles. The molecule has 1 aliphatic rings. The molecule has 2 N–H and O–H groups in total. The van der Waals surface area contributed by atoms with Crippen molar-refractivity contribution in [3.63, 3.8) is 0 Å². The van der Waals surface area contributed by atoms with Crippen molar-refractivity contribution in [2.75, 3.05) is 7.05 Å². The van der Waals surface area contributed by atoms with E-state index in [1.54, 1.807) is 14.0 Å². The van der Waals surface area contributed by atoms with Gasteiger partial charge in [0.05, 0.1) is 5.03 Å². The molecule has 0 bridgehead atoms. The molecule has 0 spiro atoms. The fourth-order valence-corrected chi connectivity index (χ4v) is 2.61. The minimum absolute atomic E-state index is 0.0110. The van der Waals surface area contributed by atoms with Gasteiger partial charge in [0.25, 0.3) is 0 Å². The second-order valence-electron chi connectivity index (χ2n) is 3.12. The fraction of sp³-hybridized carbons (Fsp3) is 0.429. The van der Waals surface area contributed by atoms with E-state index < -0.39 is 12.2 Å². The minimum Gasteiger partial charge on any atom is -0.406 e. The van der Waals surface area contributed by atoms with Gasteiger partial charge < -0.3 is 19.2 Å². The third kappa shape index (κ3) is 3.05. The highest BCUT2D eigenvalue weighted by Gasteiger charge is 2.32. The highest BCUT2D eigenvalue weighted by molar-refractivity contribution is 8.06. The molecule has 1 atom stereocenters. The van der Waals surface area contributed by atoms with Crippen molar-refractivity contribution < 1.29 is 14.3 Å². The second kappa shape index (κ2) is 5.02. The van der Waals surface area contributed by atoms with Crippen molar-refractivity contribution in [1.82, 2.24) is 4.90 Å². The molecule has 0 amide bonds. The average Bonchev–Trinajstić information content (AvgIpc) is 2.17. The highest BCUT2D eigenvalue weighted by Crippen LogP contribution is 2.46. The number of nitrogens with zero attached hydrogens (tertiary/aromatic N) is 1. The van der Waals surface area contributed by atoms with Crippen LogP contribution in [0.1, 0.15) is 6.92 Å². The van der Waals surface area contributed by atoms with Gasteiger partial charge in [-0.05, 0) is 12.5 Å². The number of likely N-dealkylation sites (N-methyl/N-ethyl adjacent to an activating group) is 1. The first-order chi connectivity index (χ1) is 7.15. The van der Waals surface area contributed by atoms with E-state index in [4.69, 9.17) is 49.1 Å². The van der Waals surface area contributed by atoms with E-state index in [1.807, 2.05) is 0 Å². The quantitative estimate of drug-likeness (QED) is 0.465. The lowest BCUT2D eigenvalue weighted by Gasteiger charge is -2.33. The smallest absolute Gasteiger partial charge is 0.376 e. The third-order valence-electron chi connectivity index (χ3n) is 1.95. The van der Waals surface area contributed by atoms with Gasteiger partial charge in [-0.15, -0.1) is 0 Å². The van der Waals surface area contributed by atoms with Crippen LogP contribution in [-0.2, 0) is 16.3 Å². The molecule has 9 heteroatoms. The van der Waals surface area contributed by atoms with Crippen molar-refractivity contribution in [2.24, 2.45) is 0 Å². The summed E-state index contributed by atoms with van der Waals surface area (Å²) in [5, 5.41) is 0.507. The maximum Gasteiger partial charge on any atom is 0.376 e. The lowest BCUT2D eigenvalue weighted by molar-refractivity contribution is 0.212. The number of halogens is 3. The zero-order valence-corrected chi connectivity index (χ0v) is 12.3. The Hall–Kier alpha value is 0.520. The molecule has 0 radical (unpaired) electrons. The molecule has 92 valence electrons. The first-order valence-electron chi connectivity index (χ1n) is 4.03. The van der Waals surface area contributed by atoms with Crippen LogP contribution in [0.4, 0.5) is 0 Å². The Morgan fingerprint density at radius 1 is 1.44 bits per heavy atom. The summed E-state index contributed by atoms with van der Waals surface area (Å²) in [5.41, 5.74) is -0.166. The molecule has 0 aliphatic carbocycles. The van der Waals surface area contributed by atoms with E-state index in [0.29, 0.717) is 10.6 Å². The lowest BCUT2D eigenvalue weighted by Crippen LogP contribution is -2.32. The van der Waals surface area contributed by atoms with E-state index in [-0.39, 0.29) is 10.9 Å². The second-order valence-corrected chi connectivity index (χ2v) is 6.91. The monoisotopic (exact) mass is 323 g/mol. The molecule has 16 heavy (non-hydrogen) atoms. The molecule has 4 nitrogen and oxygen atoms in total. The summed E-state index contributed by atoms with van der Waals surface area (Å²) in [6.45, 7) is -2.21. The van der Waals surface area contributed by atoms with Crippen LogP contribution in [0.2, 0.25) is 0 Å². The predicted molar refractivity (Wildman–Crippen MR) is 68.6 cm³/mol. The van der Waals surface area contributed by atoms with Crippen molar-refractivity contribution >= 4 is 53.3 Å². The summed E-state index contributed by atoms with van der Waals surface area (Å²) in [4.78, 5) is 19.6. The maximum atomic E-state index is 9.09. The van der Waals surface area contributed by atoms with E-state index in [9.17, 15) is 0 Å². The van der Waals surface area contributed by atoms with Crippen LogP contribution < -0.4 is 0 Å². The Bertz CT molecular complexity index is 419. The zero-order valence-electron chi connectivity index (χ0n) is 8.32. The molecular weight excluding hydrogens is 315 g/mol. The maximum absolute atomic E-state index is 9.09. The van der Waals surface area contributed by atoms with E-state index in [1.165, 1.54) is 4.90 Å². The van der Waals surface area contributed by atoms with Gasteiger partial charge in [-0.1, -0.05) is 34.8 Å². The van der Waals surface area contributed by atoms with Crippen LogP contribution >= 0.6 is 41.5 Å². The van der Waals surface area contributed by atoms with Crippen molar-refractivity contribution in [3.05, 3.63) is 21.5 Å². The molecule has 0 aromatic heterocycles. The molecule has 0 aromatic carbocycles. The van der Waals surface area contributed by atoms with E-state index in [2.05, 4.69) is 11.8 Å². The Morgan fingerprint density at radius 3 is 2.38 bits per heavy atom. The molecule has 0 saturated carbocycles. The van der Waals surface area contributed by atoms with Gasteiger partial charge in [-0.25, -0.2) is 0 Å². The molecular formula is C7H9Cl3NO3PS. The van der Waals surface area contributed by atoms with Crippen LogP contribution in [0.3, 0.4) is 0 Å². The standard InChI is InChI=1S/C7H9Cl3NO3PS/c1-3-4(8)6(10)11(2)7(5(3)9)14-15(12,13)16/h6H,1-2H3,(H2,12,13,16). The lowest BCUT2D eigenvalue weighted by atomic mass is 10.2. The first kappa shape index (κ1) is 14.6. The van der Waals surface area contributed by atoms with Crippen molar-refractivity contribution in [3.8, 4) is 0 Å². The largest absolute Gasteiger partial charge is 0.406 e. The summed E-state index contributed by atoms with van der Waals surface area (Å²) in [6, 6.07) is 0. The Morgan fingerprint density at radius 2 is 1.94 bits per heavy atom. The van der Waals surface area contributed by atoms with Gasteiger partial charge in [-0.3, -0.25) is 0 Å². The van der Waals surface area contributed by atoms with Gasteiger partial charge in [0, 0.05) is 18.9 Å².